The Morgan fingerprint density at radius 1 is 0.686 bits per heavy atom. The monoisotopic (exact) mass is 484 g/mol. The minimum absolute atomic E-state index is 0.142. The molecular weight excluding hydrogens is 456 g/mol. The molecule has 5 heteroatoms. The second-order valence-electron chi connectivity index (χ2n) is 9.09. The van der Waals surface area contributed by atoms with Crippen LogP contribution in [0.3, 0.4) is 0 Å². The van der Waals surface area contributed by atoms with Crippen LogP contribution in [0.2, 0.25) is 0 Å². The van der Waals surface area contributed by atoms with Gasteiger partial charge < -0.3 is 9.47 Å². The third-order valence-electron chi connectivity index (χ3n) is 5.83. The quantitative estimate of drug-likeness (QED) is 0.270. The van der Waals surface area contributed by atoms with Crippen LogP contribution in [-0.2, 0) is 15.3 Å². The summed E-state index contributed by atoms with van der Waals surface area (Å²) in [5.41, 5.74) is 2.14. The standard InChI is InChI=1S/C30H28O4S/c1-22(2)33-25-14-10-23(11-15-25)30(3,4)24-12-16-26(17-13-24)34-27-18-20-29(21-19-27)35(31,32)28-8-6-5-7-9-28/h6,8-22H,1-4H3. The van der Waals surface area contributed by atoms with Crippen molar-refractivity contribution in [2.45, 2.75) is 49.0 Å². The second kappa shape index (κ2) is 9.85. The second-order valence-corrected chi connectivity index (χ2v) is 11.0. The van der Waals surface area contributed by atoms with E-state index in [1.807, 2.05) is 38.1 Å². The molecule has 35 heavy (non-hydrogen) atoms. The Hall–Kier alpha value is -3.75. The van der Waals surface area contributed by atoms with Crippen LogP contribution in [-0.4, -0.2) is 14.5 Å². The molecule has 4 aromatic carbocycles. The molecule has 178 valence electrons. The van der Waals surface area contributed by atoms with Gasteiger partial charge in [0.25, 0.3) is 0 Å². The molecule has 0 aliphatic rings. The van der Waals surface area contributed by atoms with Crippen molar-refractivity contribution in [3.8, 4) is 17.2 Å². The molecule has 0 spiro atoms. The largest absolute Gasteiger partial charge is 0.491 e. The lowest BCUT2D eigenvalue weighted by atomic mass is 9.78. The molecule has 0 aliphatic heterocycles. The van der Waals surface area contributed by atoms with E-state index in [2.05, 4.69) is 50.2 Å². The lowest BCUT2D eigenvalue weighted by Gasteiger charge is -2.26. The number of hydrogen-bond acceptors (Lipinski definition) is 4. The SMILES string of the molecule is CC(C)Oc1ccc(C(C)(C)c2ccc(Oc3ccc(S(=O)(=O)c4cc#ccc4)cc3)cc2)cc1. The van der Waals surface area contributed by atoms with Crippen LogP contribution in [0.25, 0.3) is 0 Å². The lowest BCUT2D eigenvalue weighted by Crippen LogP contribution is -2.18. The summed E-state index contributed by atoms with van der Waals surface area (Å²) in [4.78, 5) is 0.386. The van der Waals surface area contributed by atoms with Gasteiger partial charge in [0.2, 0.25) is 9.84 Å². The molecule has 0 fully saturated rings. The zero-order valence-corrected chi connectivity index (χ0v) is 21.1. The minimum atomic E-state index is -3.60. The number of benzene rings is 3. The Bertz CT molecular complexity index is 1360. The van der Waals surface area contributed by atoms with E-state index in [9.17, 15) is 8.42 Å². The van der Waals surface area contributed by atoms with Crippen molar-refractivity contribution in [1.82, 2.24) is 0 Å². The molecule has 0 aliphatic carbocycles. The van der Waals surface area contributed by atoms with E-state index in [0.717, 1.165) is 11.3 Å². The summed E-state index contributed by atoms with van der Waals surface area (Å²) in [6.45, 7) is 8.40. The van der Waals surface area contributed by atoms with Gasteiger partial charge in [-0.05, 0) is 85.6 Å². The molecule has 0 amide bonds. The highest BCUT2D eigenvalue weighted by atomic mass is 32.2. The van der Waals surface area contributed by atoms with Crippen LogP contribution >= 0.6 is 0 Å². The Kier molecular flexibility index (Phi) is 6.86. The zero-order valence-electron chi connectivity index (χ0n) is 20.3. The summed E-state index contributed by atoms with van der Waals surface area (Å²) in [6.07, 6.45) is 0.142. The molecule has 4 nitrogen and oxygen atoms in total. The van der Waals surface area contributed by atoms with Crippen molar-refractivity contribution in [1.29, 1.82) is 0 Å². The van der Waals surface area contributed by atoms with Gasteiger partial charge in [0.05, 0.1) is 15.9 Å². The molecule has 0 unspecified atom stereocenters. The summed E-state index contributed by atoms with van der Waals surface area (Å²) < 4.78 is 37.2. The van der Waals surface area contributed by atoms with Crippen molar-refractivity contribution in [2.75, 3.05) is 0 Å². The molecule has 0 radical (unpaired) electrons. The number of rotatable bonds is 8. The fourth-order valence-corrected chi connectivity index (χ4v) is 5.02. The first-order valence-electron chi connectivity index (χ1n) is 11.4. The van der Waals surface area contributed by atoms with E-state index in [0.29, 0.717) is 11.5 Å². The van der Waals surface area contributed by atoms with Gasteiger partial charge in [-0.15, -0.1) is 0 Å². The highest BCUT2D eigenvalue weighted by molar-refractivity contribution is 7.91. The third-order valence-corrected chi connectivity index (χ3v) is 7.60. The molecule has 4 aromatic rings. The van der Waals surface area contributed by atoms with Crippen molar-refractivity contribution in [3.05, 3.63) is 114 Å². The smallest absolute Gasteiger partial charge is 0.207 e. The zero-order chi connectivity index (χ0) is 25.1. The summed E-state index contributed by atoms with van der Waals surface area (Å²) in [7, 11) is -3.60. The molecular formula is C30H28O4S. The van der Waals surface area contributed by atoms with Crippen LogP contribution < -0.4 is 9.47 Å². The van der Waals surface area contributed by atoms with E-state index in [-0.39, 0.29) is 21.3 Å². The number of ether oxygens (including phenoxy) is 2. The van der Waals surface area contributed by atoms with Crippen molar-refractivity contribution >= 4 is 9.84 Å². The van der Waals surface area contributed by atoms with Crippen LogP contribution in [0.5, 0.6) is 17.2 Å². The minimum Gasteiger partial charge on any atom is -0.491 e. The third kappa shape index (κ3) is 5.50. The van der Waals surface area contributed by atoms with Crippen LogP contribution in [0.15, 0.2) is 101 Å². The maximum Gasteiger partial charge on any atom is 0.207 e. The Morgan fingerprint density at radius 3 is 1.69 bits per heavy atom. The van der Waals surface area contributed by atoms with Gasteiger partial charge in [-0.25, -0.2) is 8.42 Å². The maximum absolute atomic E-state index is 12.7. The topological polar surface area (TPSA) is 52.6 Å². The Morgan fingerprint density at radius 2 is 1.20 bits per heavy atom. The van der Waals surface area contributed by atoms with Gasteiger partial charge in [0.1, 0.15) is 17.2 Å². The highest BCUT2D eigenvalue weighted by Gasteiger charge is 2.23. The van der Waals surface area contributed by atoms with Crippen molar-refractivity contribution in [2.24, 2.45) is 0 Å². The van der Waals surface area contributed by atoms with E-state index < -0.39 is 9.84 Å². The van der Waals surface area contributed by atoms with Gasteiger partial charge in [-0.2, -0.15) is 0 Å². The summed E-state index contributed by atoms with van der Waals surface area (Å²) in [5.74, 6) is 2.10. The normalized spacial score (nSPS) is 11.7. The lowest BCUT2D eigenvalue weighted by molar-refractivity contribution is 0.242. The summed E-state index contributed by atoms with van der Waals surface area (Å²) in [6, 6.07) is 32.4. The van der Waals surface area contributed by atoms with E-state index in [4.69, 9.17) is 9.47 Å². The predicted octanol–water partition coefficient (Wildman–Crippen LogP) is 7.03. The van der Waals surface area contributed by atoms with Gasteiger partial charge in [0.15, 0.2) is 0 Å². The molecule has 0 aromatic heterocycles. The van der Waals surface area contributed by atoms with Crippen molar-refractivity contribution in [3.63, 3.8) is 0 Å². The Labute approximate surface area is 208 Å². The van der Waals surface area contributed by atoms with Gasteiger partial charge in [0, 0.05) is 11.5 Å². The molecule has 4 rings (SSSR count). The number of hydrogen-bond donors (Lipinski definition) is 0. The fourth-order valence-electron chi connectivity index (χ4n) is 3.79. The maximum atomic E-state index is 12.7. The average molecular weight is 485 g/mol. The van der Waals surface area contributed by atoms with Crippen LogP contribution in [0, 0.1) is 12.1 Å². The first-order valence-corrected chi connectivity index (χ1v) is 12.9. The summed E-state index contributed by atoms with van der Waals surface area (Å²) in [5, 5.41) is 0. The van der Waals surface area contributed by atoms with Gasteiger partial charge in [-0.1, -0.05) is 50.2 Å². The van der Waals surface area contributed by atoms with Crippen LogP contribution in [0.4, 0.5) is 0 Å². The van der Waals surface area contributed by atoms with E-state index in [1.165, 1.54) is 23.8 Å². The average Bonchev–Trinajstić information content (AvgIpc) is 2.85. The van der Waals surface area contributed by atoms with Crippen molar-refractivity contribution < 1.29 is 17.9 Å². The predicted molar refractivity (Wildman–Crippen MR) is 137 cm³/mol. The van der Waals surface area contributed by atoms with Crippen LogP contribution in [0.1, 0.15) is 38.8 Å². The molecule has 0 heterocycles. The molecule has 0 bridgehead atoms. The highest BCUT2D eigenvalue weighted by Crippen LogP contribution is 2.34. The molecule has 0 saturated carbocycles. The molecule has 0 atom stereocenters. The first kappa shape index (κ1) is 24.4. The van der Waals surface area contributed by atoms with E-state index >= 15 is 0 Å². The number of sulfone groups is 1. The molecule has 0 N–H and O–H groups in total. The first-order chi connectivity index (χ1) is 16.7. The fraction of sp³-hybridized carbons (Fsp3) is 0.200. The van der Waals surface area contributed by atoms with E-state index in [1.54, 1.807) is 24.3 Å². The Balaban J connectivity index is 1.46. The van der Waals surface area contributed by atoms with Gasteiger partial charge >= 0.3 is 0 Å². The molecule has 0 saturated heterocycles. The van der Waals surface area contributed by atoms with Gasteiger partial charge in [-0.3, -0.25) is 0 Å². The summed E-state index contributed by atoms with van der Waals surface area (Å²) >= 11 is 0.